The number of nitrogens with two attached hydrogens (primary N) is 1. The molecule has 0 radical (unpaired) electrons. The van der Waals surface area contributed by atoms with Gasteiger partial charge in [-0.15, -0.1) is 0 Å². The summed E-state index contributed by atoms with van der Waals surface area (Å²) >= 11 is 0. The van der Waals surface area contributed by atoms with E-state index in [1.54, 1.807) is 13.8 Å². The van der Waals surface area contributed by atoms with Gasteiger partial charge in [-0.3, -0.25) is 0 Å². The predicted octanol–water partition coefficient (Wildman–Crippen LogP) is 0.690. The third kappa shape index (κ3) is 3.13. The molecule has 2 unspecified atom stereocenters. The summed E-state index contributed by atoms with van der Waals surface area (Å²) in [6, 6.07) is 0. The van der Waals surface area contributed by atoms with Gasteiger partial charge in [-0.1, -0.05) is 13.8 Å². The second kappa shape index (κ2) is 4.63. The van der Waals surface area contributed by atoms with Crippen molar-refractivity contribution >= 4 is 0 Å². The monoisotopic (exact) mass is 149 g/mol. The molecule has 2 atom stereocenters. The van der Waals surface area contributed by atoms with Crippen molar-refractivity contribution in [2.75, 3.05) is 6.54 Å². The van der Waals surface area contributed by atoms with Gasteiger partial charge in [0.2, 0.25) is 0 Å². The first-order valence-corrected chi connectivity index (χ1v) is 3.61. The normalized spacial score (nSPS) is 17.4. The Morgan fingerprint density at radius 1 is 1.50 bits per heavy atom. The lowest BCUT2D eigenvalue weighted by Crippen LogP contribution is -2.28. The Labute approximate surface area is 61.2 Å². The minimum absolute atomic E-state index is 0.124. The molecule has 0 aliphatic rings. The molecule has 0 saturated heterocycles. The number of hydrogen-bond acceptors (Lipinski definition) is 2. The highest BCUT2D eigenvalue weighted by Gasteiger charge is 2.20. The Morgan fingerprint density at radius 3 is 2.30 bits per heavy atom. The van der Waals surface area contributed by atoms with Crippen LogP contribution in [0.25, 0.3) is 0 Å². The quantitative estimate of drug-likeness (QED) is 0.617. The Morgan fingerprint density at radius 2 is 2.00 bits per heavy atom. The molecule has 0 spiro atoms. The number of aliphatic hydroxyl groups excluding tert-OH is 1. The lowest BCUT2D eigenvalue weighted by molar-refractivity contribution is 0.0468. The fourth-order valence-corrected chi connectivity index (χ4v) is 0.774. The summed E-state index contributed by atoms with van der Waals surface area (Å²) in [7, 11) is 0. The molecule has 0 saturated carbocycles. The maximum Gasteiger partial charge on any atom is 0.128 e. The number of rotatable bonds is 4. The molecule has 0 rings (SSSR count). The molecule has 0 amide bonds. The van der Waals surface area contributed by atoms with Gasteiger partial charge in [-0.25, -0.2) is 4.39 Å². The lowest BCUT2D eigenvalue weighted by Gasteiger charge is -2.17. The van der Waals surface area contributed by atoms with Gasteiger partial charge in [0.15, 0.2) is 0 Å². The zero-order valence-corrected chi connectivity index (χ0v) is 6.55. The highest BCUT2D eigenvalue weighted by Crippen LogP contribution is 2.12. The van der Waals surface area contributed by atoms with Crippen LogP contribution in [0.5, 0.6) is 0 Å². The average molecular weight is 149 g/mol. The van der Waals surface area contributed by atoms with Crippen molar-refractivity contribution < 1.29 is 9.50 Å². The lowest BCUT2D eigenvalue weighted by atomic mass is 10.0. The van der Waals surface area contributed by atoms with E-state index < -0.39 is 12.3 Å². The molecule has 2 nitrogen and oxygen atoms in total. The van der Waals surface area contributed by atoms with Crippen LogP contribution >= 0.6 is 0 Å². The Hall–Kier alpha value is -0.150. The first-order chi connectivity index (χ1) is 4.59. The van der Waals surface area contributed by atoms with E-state index in [1.165, 1.54) is 0 Å². The first kappa shape index (κ1) is 9.85. The van der Waals surface area contributed by atoms with E-state index in [1.807, 2.05) is 0 Å². The van der Waals surface area contributed by atoms with Gasteiger partial charge in [-0.2, -0.15) is 0 Å². The van der Waals surface area contributed by atoms with Crippen molar-refractivity contribution in [1.29, 1.82) is 0 Å². The summed E-state index contributed by atoms with van der Waals surface area (Å²) in [6.07, 6.45) is -1.67. The molecule has 0 fully saturated rings. The maximum absolute atomic E-state index is 12.8. The highest BCUT2D eigenvalue weighted by molar-refractivity contribution is 4.70. The van der Waals surface area contributed by atoms with E-state index in [9.17, 15) is 4.39 Å². The van der Waals surface area contributed by atoms with Crippen LogP contribution in [0.3, 0.4) is 0 Å². The van der Waals surface area contributed by atoms with Gasteiger partial charge in [0.1, 0.15) is 6.17 Å². The number of hydrogen-bond donors (Lipinski definition) is 2. The summed E-state index contributed by atoms with van der Waals surface area (Å²) in [6.45, 7) is 3.82. The first-order valence-electron chi connectivity index (χ1n) is 3.61. The molecular weight excluding hydrogens is 133 g/mol. The average Bonchev–Trinajstić information content (AvgIpc) is 1.87. The van der Waals surface area contributed by atoms with Crippen molar-refractivity contribution in [3.05, 3.63) is 0 Å². The van der Waals surface area contributed by atoms with Crippen LogP contribution in [-0.2, 0) is 0 Å². The summed E-state index contributed by atoms with van der Waals surface area (Å²) < 4.78 is 12.8. The number of aliphatic hydroxyl groups is 1. The molecule has 62 valence electrons. The Balaban J connectivity index is 3.58. The number of halogens is 1. The maximum atomic E-state index is 12.8. The van der Waals surface area contributed by atoms with Crippen LogP contribution in [0.1, 0.15) is 20.3 Å². The Kier molecular flexibility index (Phi) is 4.56. The van der Waals surface area contributed by atoms with Gasteiger partial charge in [0.25, 0.3) is 0 Å². The van der Waals surface area contributed by atoms with Crippen LogP contribution in [-0.4, -0.2) is 23.9 Å². The van der Waals surface area contributed by atoms with Crippen molar-refractivity contribution in [3.63, 3.8) is 0 Å². The van der Waals surface area contributed by atoms with E-state index in [2.05, 4.69) is 0 Å². The third-order valence-electron chi connectivity index (χ3n) is 1.47. The van der Waals surface area contributed by atoms with E-state index in [4.69, 9.17) is 10.8 Å². The van der Waals surface area contributed by atoms with Crippen LogP contribution in [0.2, 0.25) is 0 Å². The molecule has 10 heavy (non-hydrogen) atoms. The van der Waals surface area contributed by atoms with Crippen LogP contribution in [0.15, 0.2) is 0 Å². The van der Waals surface area contributed by atoms with Gasteiger partial charge in [0.05, 0.1) is 6.10 Å². The SMILES string of the molecule is CC(C)C(F)C(O)CCN. The van der Waals surface area contributed by atoms with E-state index in [0.29, 0.717) is 13.0 Å². The van der Waals surface area contributed by atoms with Crippen molar-refractivity contribution in [2.45, 2.75) is 32.5 Å². The molecule has 0 heterocycles. The van der Waals surface area contributed by atoms with Gasteiger partial charge in [0, 0.05) is 0 Å². The summed E-state index contributed by atoms with van der Waals surface area (Å²) in [5, 5.41) is 9.03. The molecule has 0 bridgehead atoms. The molecule has 0 aliphatic heterocycles. The van der Waals surface area contributed by atoms with Gasteiger partial charge in [-0.05, 0) is 18.9 Å². The second-order valence-corrected chi connectivity index (χ2v) is 2.83. The predicted molar refractivity (Wildman–Crippen MR) is 39.4 cm³/mol. The van der Waals surface area contributed by atoms with Crippen molar-refractivity contribution in [1.82, 2.24) is 0 Å². The fourth-order valence-electron chi connectivity index (χ4n) is 0.774. The van der Waals surface area contributed by atoms with E-state index in [-0.39, 0.29) is 5.92 Å². The summed E-state index contributed by atoms with van der Waals surface area (Å²) in [5.74, 6) is -0.124. The van der Waals surface area contributed by atoms with Gasteiger partial charge < -0.3 is 10.8 Å². The zero-order chi connectivity index (χ0) is 8.15. The smallest absolute Gasteiger partial charge is 0.128 e. The zero-order valence-electron chi connectivity index (χ0n) is 6.55. The second-order valence-electron chi connectivity index (χ2n) is 2.83. The van der Waals surface area contributed by atoms with Gasteiger partial charge >= 0.3 is 0 Å². The number of alkyl halides is 1. The molecule has 3 heteroatoms. The van der Waals surface area contributed by atoms with Crippen molar-refractivity contribution in [3.8, 4) is 0 Å². The molecule has 0 aromatic heterocycles. The van der Waals surface area contributed by atoms with E-state index >= 15 is 0 Å². The van der Waals surface area contributed by atoms with Crippen LogP contribution < -0.4 is 5.73 Å². The minimum atomic E-state index is -1.14. The highest BCUT2D eigenvalue weighted by atomic mass is 19.1. The molecule has 3 N–H and O–H groups in total. The summed E-state index contributed by atoms with van der Waals surface area (Å²) in [4.78, 5) is 0. The summed E-state index contributed by atoms with van der Waals surface area (Å²) in [5.41, 5.74) is 5.14. The topological polar surface area (TPSA) is 46.2 Å². The van der Waals surface area contributed by atoms with Crippen LogP contribution in [0, 0.1) is 5.92 Å². The molecule has 0 aliphatic carbocycles. The molecular formula is C7H16FNO. The fraction of sp³-hybridized carbons (Fsp3) is 1.00. The molecule has 0 aromatic rings. The molecule has 0 aromatic carbocycles. The Bertz CT molecular complexity index is 87.7. The van der Waals surface area contributed by atoms with Crippen LogP contribution in [0.4, 0.5) is 4.39 Å². The van der Waals surface area contributed by atoms with Crippen molar-refractivity contribution in [2.24, 2.45) is 11.7 Å². The minimum Gasteiger partial charge on any atom is -0.390 e. The third-order valence-corrected chi connectivity index (χ3v) is 1.47. The standard InChI is InChI=1S/C7H16FNO/c1-5(2)7(8)6(10)3-4-9/h5-7,10H,3-4,9H2,1-2H3. The van der Waals surface area contributed by atoms with E-state index in [0.717, 1.165) is 0 Å². The largest absolute Gasteiger partial charge is 0.390 e.